The molecule has 3 rings (SSSR count). The van der Waals surface area contributed by atoms with Crippen molar-refractivity contribution in [2.45, 2.75) is 13.0 Å². The molecule has 0 aliphatic carbocycles. The highest BCUT2D eigenvalue weighted by molar-refractivity contribution is 7.13. The SMILES string of the molecule is COC(=O)[C@@H](OC(=O)c1ccc(-c2cccs2)nc1C)c1ccccc1. The summed E-state index contributed by atoms with van der Waals surface area (Å²) >= 11 is 1.57. The van der Waals surface area contributed by atoms with E-state index in [0.29, 0.717) is 16.8 Å². The second kappa shape index (κ2) is 7.93. The summed E-state index contributed by atoms with van der Waals surface area (Å²) in [4.78, 5) is 30.2. The van der Waals surface area contributed by atoms with Crippen LogP contribution in [0.25, 0.3) is 10.6 Å². The van der Waals surface area contributed by atoms with E-state index in [2.05, 4.69) is 4.98 Å². The van der Waals surface area contributed by atoms with E-state index < -0.39 is 18.0 Å². The van der Waals surface area contributed by atoms with Crippen LogP contribution in [0.4, 0.5) is 0 Å². The minimum Gasteiger partial charge on any atom is -0.466 e. The van der Waals surface area contributed by atoms with Crippen LogP contribution in [-0.4, -0.2) is 24.0 Å². The monoisotopic (exact) mass is 367 g/mol. The number of thiophene rings is 1. The van der Waals surface area contributed by atoms with Gasteiger partial charge in [-0.3, -0.25) is 4.98 Å². The first-order valence-corrected chi connectivity index (χ1v) is 8.83. The third-order valence-electron chi connectivity index (χ3n) is 3.82. The number of hydrogen-bond acceptors (Lipinski definition) is 6. The molecule has 0 amide bonds. The van der Waals surface area contributed by atoms with E-state index in [1.54, 1.807) is 54.7 Å². The minimum absolute atomic E-state index is 0.315. The first kappa shape index (κ1) is 17.8. The predicted molar refractivity (Wildman–Crippen MR) is 98.9 cm³/mol. The average Bonchev–Trinajstić information content (AvgIpc) is 3.20. The van der Waals surface area contributed by atoms with Crippen LogP contribution < -0.4 is 0 Å². The third kappa shape index (κ3) is 3.81. The Hall–Kier alpha value is -2.99. The smallest absolute Gasteiger partial charge is 0.351 e. The van der Waals surface area contributed by atoms with E-state index in [1.807, 2.05) is 23.6 Å². The average molecular weight is 367 g/mol. The fraction of sp³-hybridized carbons (Fsp3) is 0.150. The molecule has 3 aromatic rings. The van der Waals surface area contributed by atoms with Gasteiger partial charge in [-0.15, -0.1) is 11.3 Å². The Balaban J connectivity index is 1.85. The van der Waals surface area contributed by atoms with Crippen LogP contribution >= 0.6 is 11.3 Å². The third-order valence-corrected chi connectivity index (χ3v) is 4.71. The number of methoxy groups -OCH3 is 1. The van der Waals surface area contributed by atoms with Crippen molar-refractivity contribution in [2.24, 2.45) is 0 Å². The molecule has 5 nitrogen and oxygen atoms in total. The number of benzene rings is 1. The van der Waals surface area contributed by atoms with Crippen molar-refractivity contribution in [3.8, 4) is 10.6 Å². The second-order valence-corrected chi connectivity index (χ2v) is 6.47. The van der Waals surface area contributed by atoms with Crippen LogP contribution in [0.5, 0.6) is 0 Å². The summed E-state index contributed by atoms with van der Waals surface area (Å²) in [5.74, 6) is -1.25. The van der Waals surface area contributed by atoms with Crippen LogP contribution in [0.3, 0.4) is 0 Å². The maximum Gasteiger partial charge on any atom is 0.351 e. The topological polar surface area (TPSA) is 65.5 Å². The van der Waals surface area contributed by atoms with E-state index in [0.717, 1.165) is 10.6 Å². The lowest BCUT2D eigenvalue weighted by Crippen LogP contribution is -2.21. The van der Waals surface area contributed by atoms with Crippen molar-refractivity contribution < 1.29 is 19.1 Å². The maximum absolute atomic E-state index is 12.6. The van der Waals surface area contributed by atoms with Gasteiger partial charge in [-0.25, -0.2) is 9.59 Å². The first-order valence-electron chi connectivity index (χ1n) is 7.95. The molecule has 1 atom stereocenters. The Morgan fingerprint density at radius 2 is 1.81 bits per heavy atom. The molecule has 2 heterocycles. The normalized spacial score (nSPS) is 11.6. The number of esters is 2. The molecule has 0 bridgehead atoms. The molecular formula is C20H17NO4S. The standard InChI is InChI=1S/C20H17NO4S/c1-13-15(10-11-16(21-13)17-9-6-12-26-17)19(22)25-18(20(23)24-2)14-7-4-3-5-8-14/h3-12,18H,1-2H3/t18-/m0/s1. The summed E-state index contributed by atoms with van der Waals surface area (Å²) < 4.78 is 10.2. The summed E-state index contributed by atoms with van der Waals surface area (Å²) in [6.07, 6.45) is -1.12. The van der Waals surface area contributed by atoms with Gasteiger partial charge >= 0.3 is 11.9 Å². The molecule has 6 heteroatoms. The zero-order valence-electron chi connectivity index (χ0n) is 14.3. The molecule has 0 saturated carbocycles. The lowest BCUT2D eigenvalue weighted by Gasteiger charge is -2.16. The summed E-state index contributed by atoms with van der Waals surface area (Å²) in [5.41, 5.74) is 2.20. The second-order valence-electron chi connectivity index (χ2n) is 5.53. The number of aryl methyl sites for hydroxylation is 1. The Bertz CT molecular complexity index is 907. The number of nitrogens with zero attached hydrogens (tertiary/aromatic N) is 1. The zero-order valence-corrected chi connectivity index (χ0v) is 15.2. The number of aromatic nitrogens is 1. The van der Waals surface area contributed by atoms with Crippen LogP contribution in [0, 0.1) is 6.92 Å². The Kier molecular flexibility index (Phi) is 5.43. The minimum atomic E-state index is -1.12. The summed E-state index contributed by atoms with van der Waals surface area (Å²) in [5, 5.41) is 1.97. The lowest BCUT2D eigenvalue weighted by molar-refractivity contribution is -0.151. The van der Waals surface area contributed by atoms with Crippen molar-refractivity contribution in [3.63, 3.8) is 0 Å². The number of carbonyl (C=O) groups is 2. The number of hydrogen-bond donors (Lipinski definition) is 0. The van der Waals surface area contributed by atoms with Gasteiger partial charge in [0.25, 0.3) is 0 Å². The largest absolute Gasteiger partial charge is 0.466 e. The molecule has 0 radical (unpaired) electrons. The Morgan fingerprint density at radius 1 is 1.04 bits per heavy atom. The molecule has 0 spiro atoms. The van der Waals surface area contributed by atoms with E-state index >= 15 is 0 Å². The van der Waals surface area contributed by atoms with Gasteiger partial charge in [0, 0.05) is 5.56 Å². The van der Waals surface area contributed by atoms with Crippen LogP contribution in [0.15, 0.2) is 60.0 Å². The lowest BCUT2D eigenvalue weighted by atomic mass is 10.1. The number of carbonyl (C=O) groups excluding carboxylic acids is 2. The number of rotatable bonds is 5. The van der Waals surface area contributed by atoms with Gasteiger partial charge in [0.15, 0.2) is 0 Å². The first-order chi connectivity index (χ1) is 12.6. The molecule has 26 heavy (non-hydrogen) atoms. The van der Waals surface area contributed by atoms with Gasteiger partial charge in [0.1, 0.15) is 0 Å². The van der Waals surface area contributed by atoms with Crippen molar-refractivity contribution in [1.29, 1.82) is 0 Å². The maximum atomic E-state index is 12.6. The summed E-state index contributed by atoms with van der Waals surface area (Å²) in [6.45, 7) is 1.74. The molecule has 0 saturated heterocycles. The molecular weight excluding hydrogens is 350 g/mol. The molecule has 0 fully saturated rings. The van der Waals surface area contributed by atoms with Crippen molar-refractivity contribution in [3.05, 3.63) is 76.8 Å². The van der Waals surface area contributed by atoms with Gasteiger partial charge in [-0.05, 0) is 30.5 Å². The van der Waals surface area contributed by atoms with Crippen LogP contribution in [0.1, 0.15) is 27.7 Å². The van der Waals surface area contributed by atoms with Crippen LogP contribution in [-0.2, 0) is 14.3 Å². The van der Waals surface area contributed by atoms with Gasteiger partial charge < -0.3 is 9.47 Å². The molecule has 2 aromatic heterocycles. The van der Waals surface area contributed by atoms with Gasteiger partial charge in [-0.1, -0.05) is 36.4 Å². The van der Waals surface area contributed by atoms with E-state index in [9.17, 15) is 9.59 Å². The van der Waals surface area contributed by atoms with Gasteiger partial charge in [0.05, 0.1) is 28.9 Å². The highest BCUT2D eigenvalue weighted by Gasteiger charge is 2.27. The Morgan fingerprint density at radius 3 is 2.42 bits per heavy atom. The highest BCUT2D eigenvalue weighted by atomic mass is 32.1. The molecule has 132 valence electrons. The van der Waals surface area contributed by atoms with Crippen molar-refractivity contribution in [1.82, 2.24) is 4.98 Å². The highest BCUT2D eigenvalue weighted by Crippen LogP contribution is 2.25. The molecule has 0 aliphatic heterocycles. The molecule has 1 aromatic carbocycles. The van der Waals surface area contributed by atoms with E-state index in [-0.39, 0.29) is 0 Å². The summed E-state index contributed by atoms with van der Waals surface area (Å²) in [7, 11) is 1.26. The summed E-state index contributed by atoms with van der Waals surface area (Å²) in [6, 6.07) is 16.1. The van der Waals surface area contributed by atoms with E-state index in [1.165, 1.54) is 7.11 Å². The number of pyridine rings is 1. The van der Waals surface area contributed by atoms with Crippen molar-refractivity contribution >= 4 is 23.3 Å². The van der Waals surface area contributed by atoms with Crippen molar-refractivity contribution in [2.75, 3.05) is 7.11 Å². The number of ether oxygens (including phenoxy) is 2. The molecule has 0 aliphatic rings. The van der Waals surface area contributed by atoms with E-state index in [4.69, 9.17) is 9.47 Å². The van der Waals surface area contributed by atoms with Crippen LogP contribution in [0.2, 0.25) is 0 Å². The Labute approximate surface area is 155 Å². The predicted octanol–water partition coefficient (Wildman–Crippen LogP) is 4.19. The zero-order chi connectivity index (χ0) is 18.5. The fourth-order valence-corrected chi connectivity index (χ4v) is 3.19. The quantitative estimate of drug-likeness (QED) is 0.633. The van der Waals surface area contributed by atoms with Gasteiger partial charge in [-0.2, -0.15) is 0 Å². The molecule has 0 unspecified atom stereocenters. The molecule has 0 N–H and O–H groups in total. The van der Waals surface area contributed by atoms with Gasteiger partial charge in [0.2, 0.25) is 6.10 Å². The fourth-order valence-electron chi connectivity index (χ4n) is 2.50.